The van der Waals surface area contributed by atoms with Gasteiger partial charge in [-0.1, -0.05) is 66.9 Å². The molecule has 3 aromatic carbocycles. The fourth-order valence-corrected chi connectivity index (χ4v) is 6.73. The van der Waals surface area contributed by atoms with Gasteiger partial charge in [-0.15, -0.1) is 11.8 Å². The van der Waals surface area contributed by atoms with Crippen molar-refractivity contribution in [2.45, 2.75) is 70.6 Å². The van der Waals surface area contributed by atoms with Crippen molar-refractivity contribution in [3.63, 3.8) is 0 Å². The summed E-state index contributed by atoms with van der Waals surface area (Å²) in [6.45, 7) is 9.78. The van der Waals surface area contributed by atoms with E-state index in [4.69, 9.17) is 18.9 Å². The molecule has 3 heterocycles. The number of hydrogen-bond acceptors (Lipinski definition) is 11. The van der Waals surface area contributed by atoms with E-state index in [0.717, 1.165) is 28.9 Å². The molecule has 0 aliphatic carbocycles. The molecule has 2 aromatic heterocycles. The Morgan fingerprint density at radius 3 is 1.82 bits per heavy atom. The van der Waals surface area contributed by atoms with Crippen LogP contribution >= 0.6 is 11.8 Å². The molecule has 0 amide bonds. The third-order valence-electron chi connectivity index (χ3n) is 8.55. The minimum Gasteiger partial charge on any atom is -0.459 e. The van der Waals surface area contributed by atoms with Gasteiger partial charge in [0.2, 0.25) is 0 Å². The predicted molar refractivity (Wildman–Crippen MR) is 192 cm³/mol. The van der Waals surface area contributed by atoms with Gasteiger partial charge in [0.25, 0.3) is 0 Å². The molecule has 0 spiro atoms. The second kappa shape index (κ2) is 15.9. The number of ether oxygens (including phenoxy) is 4. The molecule has 1 aliphatic heterocycles. The minimum absolute atomic E-state index is 0.298. The number of fused-ring (bicyclic) bond motifs is 1. The summed E-state index contributed by atoms with van der Waals surface area (Å²) in [5, 5.41) is 0.705. The van der Waals surface area contributed by atoms with Crippen LogP contribution in [0.15, 0.2) is 90.5 Å². The number of carbonyl (C=O) groups is 3. The van der Waals surface area contributed by atoms with Crippen LogP contribution in [0, 0.1) is 26.7 Å². The van der Waals surface area contributed by atoms with Crippen molar-refractivity contribution in [1.29, 1.82) is 0 Å². The maximum absolute atomic E-state index is 13.7. The lowest BCUT2D eigenvalue weighted by Gasteiger charge is -2.25. The lowest BCUT2D eigenvalue weighted by molar-refractivity contribution is -0.0606. The highest BCUT2D eigenvalue weighted by Gasteiger charge is 2.52. The van der Waals surface area contributed by atoms with Crippen molar-refractivity contribution < 1.29 is 33.3 Å². The first-order chi connectivity index (χ1) is 24.6. The van der Waals surface area contributed by atoms with Crippen LogP contribution in [0.2, 0.25) is 0 Å². The lowest BCUT2D eigenvalue weighted by Crippen LogP contribution is -2.41. The molecule has 6 rings (SSSR count). The van der Waals surface area contributed by atoms with E-state index in [1.54, 1.807) is 83.3 Å². The number of hydrogen-bond donors (Lipinski definition) is 0. The number of thioether (sulfide) groups is 1. The van der Waals surface area contributed by atoms with Crippen molar-refractivity contribution >= 4 is 40.8 Å². The third-order valence-corrected chi connectivity index (χ3v) is 9.56. The average Bonchev–Trinajstić information content (AvgIpc) is 3.69. The molecular weight excluding hydrogens is 669 g/mol. The fourth-order valence-electron chi connectivity index (χ4n) is 5.54. The van der Waals surface area contributed by atoms with Gasteiger partial charge in [-0.3, -0.25) is 4.57 Å². The Hall–Kier alpha value is -5.07. The van der Waals surface area contributed by atoms with Gasteiger partial charge in [0, 0.05) is 0 Å². The molecule has 4 unspecified atom stereocenters. The lowest BCUT2D eigenvalue weighted by atomic mass is 10.1. The number of carbonyl (C=O) groups excluding carboxylic acids is 3. The van der Waals surface area contributed by atoms with Gasteiger partial charge in [0.05, 0.1) is 23.0 Å². The quantitative estimate of drug-likeness (QED) is 0.0569. The van der Waals surface area contributed by atoms with Gasteiger partial charge in [0.1, 0.15) is 29.6 Å². The fraction of sp³-hybridized carbons (Fsp3) is 0.333. The molecule has 1 fully saturated rings. The molecule has 1 aliphatic rings. The molecule has 264 valence electrons. The summed E-state index contributed by atoms with van der Waals surface area (Å²) in [4.78, 5) is 54.0. The summed E-state index contributed by atoms with van der Waals surface area (Å²) in [6.07, 6.45) is -0.486. The molecule has 0 saturated carbocycles. The summed E-state index contributed by atoms with van der Waals surface area (Å²) in [5.74, 6) is -0.510. The summed E-state index contributed by atoms with van der Waals surface area (Å²) in [7, 11) is 0. The van der Waals surface area contributed by atoms with Gasteiger partial charge in [0.15, 0.2) is 24.1 Å². The maximum atomic E-state index is 13.7. The first-order valence-electron chi connectivity index (χ1n) is 16.8. The summed E-state index contributed by atoms with van der Waals surface area (Å²) in [5.41, 5.74) is 4.89. The number of aryl methyl sites for hydroxylation is 3. The Balaban J connectivity index is 1.37. The summed E-state index contributed by atoms with van der Waals surface area (Å²) < 4.78 is 26.2. The summed E-state index contributed by atoms with van der Waals surface area (Å²) >= 11 is 1.58. The SMILES string of the molecule is Cc1ccc(C(=O)OCC2OC(n3cnc4c(SCCC(C)C)ncnc43)C(OC(=O)c3ccc(C)cc3)C2OC(=O)c2ccc(C)cc2)cc1. The smallest absolute Gasteiger partial charge is 0.338 e. The average molecular weight is 709 g/mol. The first-order valence-corrected chi connectivity index (χ1v) is 17.8. The van der Waals surface area contributed by atoms with Gasteiger partial charge < -0.3 is 18.9 Å². The van der Waals surface area contributed by atoms with Crippen molar-refractivity contribution in [1.82, 2.24) is 19.5 Å². The largest absolute Gasteiger partial charge is 0.459 e. The predicted octanol–water partition coefficient (Wildman–Crippen LogP) is 7.10. The molecule has 0 N–H and O–H groups in total. The van der Waals surface area contributed by atoms with E-state index in [-0.39, 0.29) is 6.61 Å². The van der Waals surface area contributed by atoms with Crippen LogP contribution in [-0.4, -0.2) is 68.1 Å². The zero-order valence-electron chi connectivity index (χ0n) is 29.1. The Morgan fingerprint density at radius 2 is 1.27 bits per heavy atom. The second-order valence-electron chi connectivity index (χ2n) is 13.0. The van der Waals surface area contributed by atoms with Crippen molar-refractivity contribution in [3.8, 4) is 0 Å². The second-order valence-corrected chi connectivity index (χ2v) is 14.1. The van der Waals surface area contributed by atoms with Crippen LogP contribution in [0.4, 0.5) is 0 Å². The van der Waals surface area contributed by atoms with Crippen LogP contribution in [0.1, 0.15) is 74.3 Å². The van der Waals surface area contributed by atoms with Crippen LogP contribution < -0.4 is 0 Å². The molecule has 11 nitrogen and oxygen atoms in total. The molecule has 51 heavy (non-hydrogen) atoms. The zero-order chi connectivity index (χ0) is 36.1. The Bertz CT molecular complexity index is 2000. The number of imidazole rings is 1. The van der Waals surface area contributed by atoms with E-state index in [1.807, 2.05) is 32.9 Å². The summed E-state index contributed by atoms with van der Waals surface area (Å²) in [6, 6.07) is 20.8. The van der Waals surface area contributed by atoms with Crippen molar-refractivity contribution in [2.75, 3.05) is 12.4 Å². The maximum Gasteiger partial charge on any atom is 0.338 e. The van der Waals surface area contributed by atoms with Gasteiger partial charge in [-0.2, -0.15) is 0 Å². The molecule has 12 heteroatoms. The molecular formula is C39H40N4O7S. The van der Waals surface area contributed by atoms with Crippen LogP contribution in [-0.2, 0) is 18.9 Å². The van der Waals surface area contributed by atoms with Crippen LogP contribution in [0.25, 0.3) is 11.2 Å². The highest BCUT2D eigenvalue weighted by Crippen LogP contribution is 2.38. The number of rotatable bonds is 12. The van der Waals surface area contributed by atoms with E-state index >= 15 is 0 Å². The highest BCUT2D eigenvalue weighted by atomic mass is 32.2. The normalized spacial score (nSPS) is 18.5. The van der Waals surface area contributed by atoms with Crippen LogP contribution in [0.3, 0.4) is 0 Å². The molecule has 1 saturated heterocycles. The van der Waals surface area contributed by atoms with Crippen LogP contribution in [0.5, 0.6) is 0 Å². The number of benzene rings is 3. The Labute approximate surface area is 300 Å². The third kappa shape index (κ3) is 8.46. The Kier molecular flexibility index (Phi) is 11.1. The monoisotopic (exact) mass is 708 g/mol. The van der Waals surface area contributed by atoms with Gasteiger partial charge in [-0.25, -0.2) is 29.3 Å². The minimum atomic E-state index is -1.19. The number of esters is 3. The van der Waals surface area contributed by atoms with E-state index in [9.17, 15) is 14.4 Å². The topological polar surface area (TPSA) is 132 Å². The first kappa shape index (κ1) is 35.7. The molecule has 0 bridgehead atoms. The number of nitrogens with zero attached hydrogens (tertiary/aromatic N) is 4. The van der Waals surface area contributed by atoms with E-state index in [0.29, 0.717) is 38.8 Å². The van der Waals surface area contributed by atoms with Gasteiger partial charge >= 0.3 is 17.9 Å². The van der Waals surface area contributed by atoms with E-state index in [2.05, 4.69) is 28.8 Å². The van der Waals surface area contributed by atoms with Crippen molar-refractivity contribution in [2.24, 2.45) is 5.92 Å². The molecule has 5 aromatic rings. The Morgan fingerprint density at radius 1 is 0.745 bits per heavy atom. The molecule has 4 atom stereocenters. The zero-order valence-corrected chi connectivity index (χ0v) is 30.0. The van der Waals surface area contributed by atoms with E-state index in [1.165, 1.54) is 6.33 Å². The standard InChI is InChI=1S/C39H40N4O7S/c1-23(2)18-19-51-35-31-34(40-21-41-35)43(22-42-31)36-33(50-39(46)29-16-10-26(5)11-17-29)32(49-38(45)28-14-8-25(4)9-15-28)30(48-36)20-47-37(44)27-12-6-24(3)7-13-27/h6-17,21-23,30,32-33,36H,18-20H2,1-5H3. The van der Waals surface area contributed by atoms with E-state index < -0.39 is 42.4 Å². The highest BCUT2D eigenvalue weighted by molar-refractivity contribution is 7.99. The molecule has 0 radical (unpaired) electrons. The van der Waals surface area contributed by atoms with Gasteiger partial charge in [-0.05, 0) is 75.3 Å². The number of aromatic nitrogens is 4. The van der Waals surface area contributed by atoms with Crippen molar-refractivity contribution in [3.05, 3.63) is 119 Å².